The van der Waals surface area contributed by atoms with Crippen molar-refractivity contribution in [3.63, 3.8) is 0 Å². The lowest BCUT2D eigenvalue weighted by atomic mass is 9.94. The highest BCUT2D eigenvalue weighted by atomic mass is 16.5. The first kappa shape index (κ1) is 19.2. The van der Waals surface area contributed by atoms with Crippen molar-refractivity contribution in [2.24, 2.45) is 5.92 Å². The molecule has 3 aromatic rings. The summed E-state index contributed by atoms with van der Waals surface area (Å²) >= 11 is 0. The molecule has 0 saturated heterocycles. The van der Waals surface area contributed by atoms with Gasteiger partial charge in [-0.1, -0.05) is 72.8 Å². The molecule has 0 unspecified atom stereocenters. The van der Waals surface area contributed by atoms with Gasteiger partial charge in [0, 0.05) is 19.6 Å². The van der Waals surface area contributed by atoms with Gasteiger partial charge in [0.15, 0.2) is 0 Å². The lowest BCUT2D eigenvalue weighted by Crippen LogP contribution is -2.27. The van der Waals surface area contributed by atoms with Crippen molar-refractivity contribution in [2.45, 2.75) is 24.9 Å². The number of rotatable bonds is 8. The average molecular weight is 383 g/mol. The molecule has 0 amide bonds. The Labute approximate surface area is 173 Å². The SMILES string of the molecule is COc1ccc(CN(Cc2ccccc2)C[C@@H]2C[C@]2(C#N)c2ccccc2)cc1. The van der Waals surface area contributed by atoms with Gasteiger partial charge in [-0.05, 0) is 41.2 Å². The third-order valence-corrected chi connectivity index (χ3v) is 5.89. The van der Waals surface area contributed by atoms with Gasteiger partial charge in [-0.2, -0.15) is 5.26 Å². The van der Waals surface area contributed by atoms with Crippen LogP contribution in [0.15, 0.2) is 84.9 Å². The number of nitrogens with zero attached hydrogens (tertiary/aromatic N) is 2. The first-order valence-corrected chi connectivity index (χ1v) is 10.1. The Morgan fingerprint density at radius 3 is 2.07 bits per heavy atom. The van der Waals surface area contributed by atoms with E-state index in [2.05, 4.69) is 59.5 Å². The summed E-state index contributed by atoms with van der Waals surface area (Å²) < 4.78 is 5.29. The van der Waals surface area contributed by atoms with Crippen LogP contribution in [0, 0.1) is 17.2 Å². The van der Waals surface area contributed by atoms with Crippen LogP contribution in [-0.4, -0.2) is 18.6 Å². The van der Waals surface area contributed by atoms with E-state index in [4.69, 9.17) is 4.74 Å². The van der Waals surface area contributed by atoms with Crippen LogP contribution >= 0.6 is 0 Å². The minimum Gasteiger partial charge on any atom is -0.497 e. The lowest BCUT2D eigenvalue weighted by molar-refractivity contribution is 0.241. The Bertz CT molecular complexity index is 963. The number of benzene rings is 3. The molecule has 0 spiro atoms. The van der Waals surface area contributed by atoms with Crippen LogP contribution in [-0.2, 0) is 18.5 Å². The van der Waals surface area contributed by atoms with E-state index in [0.29, 0.717) is 5.92 Å². The molecule has 0 N–H and O–H groups in total. The molecule has 3 nitrogen and oxygen atoms in total. The maximum Gasteiger partial charge on any atom is 0.118 e. The Morgan fingerprint density at radius 1 is 0.897 bits per heavy atom. The first-order valence-electron chi connectivity index (χ1n) is 10.1. The molecule has 1 aliphatic carbocycles. The van der Waals surface area contributed by atoms with Gasteiger partial charge in [0.25, 0.3) is 0 Å². The van der Waals surface area contributed by atoms with Crippen LogP contribution in [0.25, 0.3) is 0 Å². The second kappa shape index (κ2) is 8.51. The van der Waals surface area contributed by atoms with Crippen molar-refractivity contribution in [3.8, 4) is 11.8 Å². The summed E-state index contributed by atoms with van der Waals surface area (Å²) in [5.41, 5.74) is 3.36. The summed E-state index contributed by atoms with van der Waals surface area (Å²) in [6.45, 7) is 2.63. The molecule has 3 heteroatoms. The van der Waals surface area contributed by atoms with Gasteiger partial charge >= 0.3 is 0 Å². The van der Waals surface area contributed by atoms with Crippen molar-refractivity contribution in [1.82, 2.24) is 4.90 Å². The van der Waals surface area contributed by atoms with Crippen molar-refractivity contribution in [2.75, 3.05) is 13.7 Å². The zero-order valence-electron chi connectivity index (χ0n) is 16.8. The topological polar surface area (TPSA) is 36.3 Å². The predicted molar refractivity (Wildman–Crippen MR) is 115 cm³/mol. The first-order chi connectivity index (χ1) is 14.2. The molecule has 0 bridgehead atoms. The van der Waals surface area contributed by atoms with Crippen LogP contribution < -0.4 is 4.74 Å². The van der Waals surface area contributed by atoms with E-state index in [1.165, 1.54) is 11.1 Å². The summed E-state index contributed by atoms with van der Waals surface area (Å²) in [5, 5.41) is 9.95. The van der Waals surface area contributed by atoms with Crippen molar-refractivity contribution < 1.29 is 4.74 Å². The average Bonchev–Trinajstić information content (AvgIpc) is 3.49. The molecule has 3 aromatic carbocycles. The number of ether oxygens (including phenoxy) is 1. The van der Waals surface area contributed by atoms with Crippen LogP contribution in [0.3, 0.4) is 0 Å². The summed E-state index contributed by atoms with van der Waals surface area (Å²) in [7, 11) is 1.69. The molecule has 29 heavy (non-hydrogen) atoms. The van der Waals surface area contributed by atoms with Crippen LogP contribution in [0.5, 0.6) is 5.75 Å². The molecule has 0 aliphatic heterocycles. The number of hydrogen-bond donors (Lipinski definition) is 0. The third-order valence-electron chi connectivity index (χ3n) is 5.89. The highest BCUT2D eigenvalue weighted by molar-refractivity contribution is 5.41. The third kappa shape index (κ3) is 4.34. The number of hydrogen-bond acceptors (Lipinski definition) is 3. The summed E-state index contributed by atoms with van der Waals surface area (Å²) in [4.78, 5) is 2.46. The van der Waals surface area contributed by atoms with Crippen LogP contribution in [0.1, 0.15) is 23.1 Å². The van der Waals surface area contributed by atoms with Gasteiger partial charge in [-0.25, -0.2) is 0 Å². The molecule has 4 rings (SSSR count). The largest absolute Gasteiger partial charge is 0.497 e. The van der Waals surface area contributed by atoms with Gasteiger partial charge in [0.05, 0.1) is 18.6 Å². The maximum absolute atomic E-state index is 9.95. The van der Waals surface area contributed by atoms with Crippen LogP contribution in [0.2, 0.25) is 0 Å². The molecule has 0 heterocycles. The highest BCUT2D eigenvalue weighted by Gasteiger charge is 2.56. The van der Waals surface area contributed by atoms with E-state index < -0.39 is 0 Å². The molecule has 1 saturated carbocycles. The second-order valence-corrected chi connectivity index (χ2v) is 7.85. The normalized spacial score (nSPS) is 20.2. The second-order valence-electron chi connectivity index (χ2n) is 7.85. The van der Waals surface area contributed by atoms with Crippen molar-refractivity contribution >= 4 is 0 Å². The van der Waals surface area contributed by atoms with E-state index >= 15 is 0 Å². The molecule has 146 valence electrons. The predicted octanol–water partition coefficient (Wildman–Crippen LogP) is 5.18. The molecule has 1 fully saturated rings. The molecule has 0 radical (unpaired) electrons. The van der Waals surface area contributed by atoms with Gasteiger partial charge in [-0.15, -0.1) is 0 Å². The number of nitriles is 1. The standard InChI is InChI=1S/C26H26N2O/c1-29-25-14-12-22(13-15-25)18-28(17-21-8-4-2-5-9-21)19-24-16-26(24,20-27)23-10-6-3-7-11-23/h2-15,24H,16-19H2,1H3/t24-,26-/m0/s1. The fourth-order valence-corrected chi connectivity index (χ4v) is 4.17. The quantitative estimate of drug-likeness (QED) is 0.539. The minimum absolute atomic E-state index is 0.337. The van der Waals surface area contributed by atoms with Gasteiger partial charge < -0.3 is 4.74 Å². The van der Waals surface area contributed by atoms with Crippen molar-refractivity contribution in [3.05, 3.63) is 102 Å². The van der Waals surface area contributed by atoms with E-state index in [1.54, 1.807) is 7.11 Å². The smallest absolute Gasteiger partial charge is 0.118 e. The monoisotopic (exact) mass is 382 g/mol. The number of methoxy groups -OCH3 is 1. The zero-order valence-corrected chi connectivity index (χ0v) is 16.8. The van der Waals surface area contributed by atoms with E-state index in [-0.39, 0.29) is 5.41 Å². The highest BCUT2D eigenvalue weighted by Crippen LogP contribution is 2.54. The summed E-state index contributed by atoms with van der Waals surface area (Å²) in [6, 6.07) is 31.7. The molecule has 2 atom stereocenters. The van der Waals surface area contributed by atoms with E-state index in [9.17, 15) is 5.26 Å². The Balaban J connectivity index is 1.51. The molecule has 0 aromatic heterocycles. The molecular formula is C26H26N2O. The van der Waals surface area contributed by atoms with Gasteiger partial charge in [0.1, 0.15) is 5.75 Å². The zero-order chi connectivity index (χ0) is 20.1. The fourth-order valence-electron chi connectivity index (χ4n) is 4.17. The van der Waals surface area contributed by atoms with E-state index in [0.717, 1.165) is 37.4 Å². The van der Waals surface area contributed by atoms with Crippen molar-refractivity contribution in [1.29, 1.82) is 5.26 Å². The fraction of sp³-hybridized carbons (Fsp3) is 0.269. The Hall–Kier alpha value is -3.09. The van der Waals surface area contributed by atoms with Crippen LogP contribution in [0.4, 0.5) is 0 Å². The lowest BCUT2D eigenvalue weighted by Gasteiger charge is -2.24. The summed E-state index contributed by atoms with van der Waals surface area (Å²) in [5.74, 6) is 1.23. The Morgan fingerprint density at radius 2 is 1.48 bits per heavy atom. The minimum atomic E-state index is -0.337. The maximum atomic E-state index is 9.95. The Kier molecular flexibility index (Phi) is 5.64. The van der Waals surface area contributed by atoms with E-state index in [1.807, 2.05) is 36.4 Å². The van der Waals surface area contributed by atoms with Gasteiger partial charge in [-0.3, -0.25) is 4.90 Å². The molecule has 1 aliphatic rings. The summed E-state index contributed by atoms with van der Waals surface area (Å²) in [6.07, 6.45) is 0.932. The molecular weight excluding hydrogens is 356 g/mol. The van der Waals surface area contributed by atoms with Gasteiger partial charge in [0.2, 0.25) is 0 Å².